The standard InChI is InChI=1S/C21H17BrN2O4/c1-2-27-21(26)15-9-7-14(8-10-15)19-12-11-16(28-19)13-23-24-20(25)17-5-3-4-6-18(17)22/h3-13H,2H2,1H3,(H,24,25)/b23-13+. The number of carbonyl (C=O) groups excluding carboxylic acids is 2. The van der Waals surface area contributed by atoms with Gasteiger partial charge in [0.25, 0.3) is 5.91 Å². The maximum absolute atomic E-state index is 12.1. The minimum Gasteiger partial charge on any atom is -0.462 e. The summed E-state index contributed by atoms with van der Waals surface area (Å²) in [5.41, 5.74) is 4.24. The molecule has 0 aliphatic carbocycles. The van der Waals surface area contributed by atoms with Crippen LogP contribution in [0, 0.1) is 0 Å². The van der Waals surface area contributed by atoms with Gasteiger partial charge in [0.1, 0.15) is 11.5 Å². The molecule has 0 bridgehead atoms. The average molecular weight is 441 g/mol. The highest BCUT2D eigenvalue weighted by Gasteiger charge is 2.09. The molecular weight excluding hydrogens is 424 g/mol. The Bertz CT molecular complexity index is 1010. The molecule has 7 heteroatoms. The summed E-state index contributed by atoms with van der Waals surface area (Å²) in [5.74, 6) is 0.415. The van der Waals surface area contributed by atoms with E-state index in [0.29, 0.717) is 33.7 Å². The molecule has 0 saturated heterocycles. The molecule has 0 unspecified atom stereocenters. The zero-order valence-electron chi connectivity index (χ0n) is 15.0. The highest BCUT2D eigenvalue weighted by atomic mass is 79.9. The van der Waals surface area contributed by atoms with E-state index in [4.69, 9.17) is 9.15 Å². The molecule has 0 radical (unpaired) electrons. The van der Waals surface area contributed by atoms with Crippen LogP contribution in [0.2, 0.25) is 0 Å². The number of halogens is 1. The summed E-state index contributed by atoms with van der Waals surface area (Å²) < 4.78 is 11.4. The van der Waals surface area contributed by atoms with Crippen molar-refractivity contribution in [2.75, 3.05) is 6.61 Å². The first-order chi connectivity index (χ1) is 13.6. The summed E-state index contributed by atoms with van der Waals surface area (Å²) >= 11 is 3.33. The topological polar surface area (TPSA) is 80.9 Å². The number of hydrogen-bond acceptors (Lipinski definition) is 5. The second kappa shape index (κ2) is 9.14. The molecule has 0 atom stereocenters. The summed E-state index contributed by atoms with van der Waals surface area (Å²) in [6.07, 6.45) is 1.42. The number of hydrazone groups is 1. The molecule has 0 aliphatic heterocycles. The zero-order valence-corrected chi connectivity index (χ0v) is 16.6. The van der Waals surface area contributed by atoms with Crippen molar-refractivity contribution in [1.82, 2.24) is 5.43 Å². The van der Waals surface area contributed by atoms with Crippen LogP contribution in [0.1, 0.15) is 33.4 Å². The molecule has 1 amide bonds. The van der Waals surface area contributed by atoms with Crippen molar-refractivity contribution in [3.05, 3.63) is 82.0 Å². The normalized spacial score (nSPS) is 10.8. The molecule has 2 aromatic carbocycles. The fraction of sp³-hybridized carbons (Fsp3) is 0.0952. The van der Waals surface area contributed by atoms with E-state index in [1.807, 2.05) is 6.07 Å². The Kier molecular flexibility index (Phi) is 6.39. The quantitative estimate of drug-likeness (QED) is 0.343. The maximum atomic E-state index is 12.1. The molecule has 1 aromatic heterocycles. The van der Waals surface area contributed by atoms with E-state index < -0.39 is 0 Å². The fourth-order valence-corrected chi connectivity index (χ4v) is 2.89. The smallest absolute Gasteiger partial charge is 0.338 e. The van der Waals surface area contributed by atoms with Crippen molar-refractivity contribution in [3.63, 3.8) is 0 Å². The molecule has 3 aromatic rings. The monoisotopic (exact) mass is 440 g/mol. The SMILES string of the molecule is CCOC(=O)c1ccc(-c2ccc(/C=N/NC(=O)c3ccccc3Br)o2)cc1. The molecule has 0 aliphatic rings. The number of rotatable bonds is 6. The molecule has 0 fully saturated rings. The lowest BCUT2D eigenvalue weighted by atomic mass is 10.1. The van der Waals surface area contributed by atoms with Crippen molar-refractivity contribution in [1.29, 1.82) is 0 Å². The third-order valence-corrected chi connectivity index (χ3v) is 4.48. The van der Waals surface area contributed by atoms with Gasteiger partial charge in [-0.15, -0.1) is 0 Å². The van der Waals surface area contributed by atoms with Gasteiger partial charge >= 0.3 is 5.97 Å². The zero-order chi connectivity index (χ0) is 19.9. The lowest BCUT2D eigenvalue weighted by Gasteiger charge is -2.02. The van der Waals surface area contributed by atoms with Gasteiger partial charge in [-0.2, -0.15) is 5.10 Å². The lowest BCUT2D eigenvalue weighted by molar-refractivity contribution is 0.0526. The van der Waals surface area contributed by atoms with Crippen LogP contribution >= 0.6 is 15.9 Å². The predicted molar refractivity (Wildman–Crippen MR) is 109 cm³/mol. The van der Waals surface area contributed by atoms with E-state index in [2.05, 4.69) is 26.5 Å². The van der Waals surface area contributed by atoms with Crippen molar-refractivity contribution >= 4 is 34.0 Å². The summed E-state index contributed by atoms with van der Waals surface area (Å²) in [4.78, 5) is 23.8. The minimum atomic E-state index is -0.359. The predicted octanol–water partition coefficient (Wildman–Crippen LogP) is 4.65. The van der Waals surface area contributed by atoms with Crippen LogP contribution < -0.4 is 5.43 Å². The Morgan fingerprint density at radius 1 is 1.11 bits per heavy atom. The van der Waals surface area contributed by atoms with Crippen LogP contribution in [-0.4, -0.2) is 24.7 Å². The van der Waals surface area contributed by atoms with Gasteiger partial charge in [-0.05, 0) is 59.3 Å². The van der Waals surface area contributed by atoms with Crippen molar-refractivity contribution in [3.8, 4) is 11.3 Å². The molecule has 3 rings (SSSR count). The van der Waals surface area contributed by atoms with Crippen LogP contribution in [0.25, 0.3) is 11.3 Å². The average Bonchev–Trinajstić information content (AvgIpc) is 3.17. The Morgan fingerprint density at radius 2 is 1.86 bits per heavy atom. The van der Waals surface area contributed by atoms with Gasteiger partial charge in [-0.25, -0.2) is 10.2 Å². The molecule has 1 heterocycles. The van der Waals surface area contributed by atoms with Gasteiger partial charge in [-0.3, -0.25) is 4.79 Å². The van der Waals surface area contributed by atoms with E-state index in [0.717, 1.165) is 5.56 Å². The third kappa shape index (κ3) is 4.75. The highest BCUT2D eigenvalue weighted by Crippen LogP contribution is 2.22. The number of furan rings is 1. The fourth-order valence-electron chi connectivity index (χ4n) is 2.42. The highest BCUT2D eigenvalue weighted by molar-refractivity contribution is 9.10. The molecule has 0 spiro atoms. The van der Waals surface area contributed by atoms with E-state index in [-0.39, 0.29) is 11.9 Å². The van der Waals surface area contributed by atoms with Gasteiger partial charge < -0.3 is 9.15 Å². The second-order valence-electron chi connectivity index (χ2n) is 5.68. The second-order valence-corrected chi connectivity index (χ2v) is 6.53. The number of nitrogens with one attached hydrogen (secondary N) is 1. The first-order valence-corrected chi connectivity index (χ1v) is 9.33. The lowest BCUT2D eigenvalue weighted by Crippen LogP contribution is -2.17. The van der Waals surface area contributed by atoms with Crippen LogP contribution in [0.5, 0.6) is 0 Å². The number of esters is 1. The summed E-state index contributed by atoms with van der Waals surface area (Å²) in [6.45, 7) is 2.10. The Hall–Kier alpha value is -3.19. The van der Waals surface area contributed by atoms with Crippen LogP contribution in [0.4, 0.5) is 0 Å². The Balaban J connectivity index is 1.64. The maximum Gasteiger partial charge on any atom is 0.338 e. The number of nitrogens with zero attached hydrogens (tertiary/aromatic N) is 1. The van der Waals surface area contributed by atoms with Gasteiger partial charge in [0.05, 0.1) is 23.9 Å². The van der Waals surface area contributed by atoms with Crippen LogP contribution in [-0.2, 0) is 4.74 Å². The van der Waals surface area contributed by atoms with Crippen LogP contribution in [0.3, 0.4) is 0 Å². The molecular formula is C21H17BrN2O4. The van der Waals surface area contributed by atoms with E-state index >= 15 is 0 Å². The first-order valence-electron chi connectivity index (χ1n) is 8.54. The number of benzene rings is 2. The minimum absolute atomic E-state index is 0.329. The van der Waals surface area contributed by atoms with Gasteiger partial charge in [0.15, 0.2) is 0 Å². The Labute approximate surface area is 170 Å². The first kappa shape index (κ1) is 19.6. The summed E-state index contributed by atoms with van der Waals surface area (Å²) in [7, 11) is 0. The Morgan fingerprint density at radius 3 is 2.57 bits per heavy atom. The number of ether oxygens (including phenoxy) is 1. The molecule has 28 heavy (non-hydrogen) atoms. The van der Waals surface area contributed by atoms with E-state index in [9.17, 15) is 9.59 Å². The van der Waals surface area contributed by atoms with E-state index in [1.54, 1.807) is 61.5 Å². The van der Waals surface area contributed by atoms with Crippen LogP contribution in [0.15, 0.2) is 74.7 Å². The molecule has 6 nitrogen and oxygen atoms in total. The molecule has 0 saturated carbocycles. The van der Waals surface area contributed by atoms with Crippen molar-refractivity contribution < 1.29 is 18.7 Å². The van der Waals surface area contributed by atoms with E-state index in [1.165, 1.54) is 6.21 Å². The molecule has 1 N–H and O–H groups in total. The molecule has 142 valence electrons. The van der Waals surface area contributed by atoms with Gasteiger partial charge in [0, 0.05) is 10.0 Å². The largest absolute Gasteiger partial charge is 0.462 e. The summed E-state index contributed by atoms with van der Waals surface area (Å²) in [5, 5.41) is 3.92. The number of hydrogen-bond donors (Lipinski definition) is 1. The third-order valence-electron chi connectivity index (χ3n) is 3.78. The summed E-state index contributed by atoms with van der Waals surface area (Å²) in [6, 6.07) is 17.5. The van der Waals surface area contributed by atoms with Crippen molar-refractivity contribution in [2.24, 2.45) is 5.10 Å². The van der Waals surface area contributed by atoms with Crippen molar-refractivity contribution in [2.45, 2.75) is 6.92 Å². The van der Waals surface area contributed by atoms with Gasteiger partial charge in [-0.1, -0.05) is 24.3 Å². The number of amides is 1. The van der Waals surface area contributed by atoms with Gasteiger partial charge in [0.2, 0.25) is 0 Å². The number of carbonyl (C=O) groups is 2.